The first-order chi connectivity index (χ1) is 39.7. The summed E-state index contributed by atoms with van der Waals surface area (Å²) < 4.78 is 11.1. The number of aliphatic hydroxyl groups excluding tert-OH is 7. The third-order valence-corrected chi connectivity index (χ3v) is 16.9. The Morgan fingerprint density at radius 1 is 0.420 bits per heavy atom. The van der Waals surface area contributed by atoms with Crippen LogP contribution < -0.4 is 5.32 Å². The zero-order chi connectivity index (χ0) is 58.9. The minimum atomic E-state index is -1.67. The molecule has 0 aromatic heterocycles. The minimum Gasteiger partial charge on any atom is -0.394 e. The molecule has 9 atom stereocenters. The molecule has 0 spiro atoms. The summed E-state index contributed by atoms with van der Waals surface area (Å²) in [6.45, 7) is 3.44. The SMILES string of the molecule is CCCCC/C=C/CC/C=C/CC/C=C/CCCC(O)C(O)C(COC1OC(CO)C(O)C(O)C1O)NC(=O)C(O)CCCCCCCCCCCCCCCCCCCCCCCCCCCCCCCCCCCCCCCC. The molecule has 81 heavy (non-hydrogen) atoms. The first kappa shape index (κ1) is 77.3. The van der Waals surface area contributed by atoms with Gasteiger partial charge < -0.3 is 50.5 Å². The van der Waals surface area contributed by atoms with Gasteiger partial charge in [0.05, 0.1) is 25.4 Å². The van der Waals surface area contributed by atoms with E-state index in [1.54, 1.807) is 0 Å². The molecule has 9 unspecified atom stereocenters. The number of carbonyl (C=O) groups excluding carboxylic acids is 1. The number of ether oxygens (including phenoxy) is 2. The summed E-state index contributed by atoms with van der Waals surface area (Å²) in [5.41, 5.74) is 0. The topological polar surface area (TPSA) is 189 Å². The van der Waals surface area contributed by atoms with Crippen LogP contribution >= 0.6 is 0 Å². The van der Waals surface area contributed by atoms with Crippen LogP contribution in [0.15, 0.2) is 36.5 Å². The molecule has 0 saturated carbocycles. The van der Waals surface area contributed by atoms with Crippen molar-refractivity contribution in [2.75, 3.05) is 13.2 Å². The van der Waals surface area contributed by atoms with Crippen molar-refractivity contribution < 1.29 is 50.0 Å². The normalized spacial score (nSPS) is 19.3. The second kappa shape index (κ2) is 58.7. The number of rotatable bonds is 61. The first-order valence-electron chi connectivity index (χ1n) is 34.9. The van der Waals surface area contributed by atoms with E-state index in [1.807, 2.05) is 0 Å². The molecule has 11 nitrogen and oxygen atoms in total. The van der Waals surface area contributed by atoms with Crippen molar-refractivity contribution in [3.05, 3.63) is 36.5 Å². The fraction of sp³-hybridized carbons (Fsp3) is 0.900. The summed E-state index contributed by atoms with van der Waals surface area (Å²) in [6.07, 6.45) is 64.0. The monoisotopic (exact) mass is 1150 g/mol. The molecule has 0 aliphatic carbocycles. The second-order valence-electron chi connectivity index (χ2n) is 24.6. The van der Waals surface area contributed by atoms with Gasteiger partial charge in [0.15, 0.2) is 6.29 Å². The van der Waals surface area contributed by atoms with Gasteiger partial charge in [0.1, 0.15) is 36.6 Å². The summed E-state index contributed by atoms with van der Waals surface area (Å²) in [5, 5.41) is 76.2. The molecule has 1 amide bonds. The number of amides is 1. The number of nitrogens with one attached hydrogen (secondary N) is 1. The highest BCUT2D eigenvalue weighted by Gasteiger charge is 2.44. The van der Waals surface area contributed by atoms with Crippen LogP contribution in [0.4, 0.5) is 0 Å². The summed E-state index contributed by atoms with van der Waals surface area (Å²) >= 11 is 0. The fourth-order valence-corrected chi connectivity index (χ4v) is 11.3. The quantitative estimate of drug-likeness (QED) is 0.0215. The Morgan fingerprint density at radius 3 is 1.10 bits per heavy atom. The Bertz CT molecular complexity index is 1410. The molecular formula is C70H133NO10. The number of allylic oxidation sites excluding steroid dienone is 6. The average molecular weight is 1150 g/mol. The van der Waals surface area contributed by atoms with Crippen LogP contribution in [0.2, 0.25) is 0 Å². The Balaban J connectivity index is 2.11. The summed E-state index contributed by atoms with van der Waals surface area (Å²) in [5.74, 6) is -0.707. The van der Waals surface area contributed by atoms with Crippen molar-refractivity contribution >= 4 is 5.91 Å². The van der Waals surface area contributed by atoms with Crippen LogP contribution in [0.5, 0.6) is 0 Å². The van der Waals surface area contributed by atoms with Crippen LogP contribution in [-0.2, 0) is 14.3 Å². The van der Waals surface area contributed by atoms with Crippen molar-refractivity contribution in [3.63, 3.8) is 0 Å². The van der Waals surface area contributed by atoms with Crippen molar-refractivity contribution in [1.82, 2.24) is 5.32 Å². The summed E-state index contributed by atoms with van der Waals surface area (Å²) in [4.78, 5) is 13.2. The number of hydrogen-bond donors (Lipinski definition) is 8. The van der Waals surface area contributed by atoms with E-state index < -0.39 is 74.2 Å². The standard InChI is InChI=1S/C70H133NO10/c1-3-5-7-9-11-13-15-17-19-21-22-23-24-25-26-27-28-29-30-31-32-33-34-35-36-37-38-39-40-41-42-44-46-48-50-52-54-56-58-63(74)69(79)71-61(60-80-70-68(78)67(77)66(76)64(59-72)81-70)65(75)62(73)57-55-53-51-49-47-45-43-20-18-16-14-12-10-8-6-4-2/h12,14,20,43,49,51,61-68,70,72-78H,3-11,13,15-19,21-42,44-48,50,52-60H2,1-2H3,(H,71,79)/b14-12+,43-20+,51-49+. The van der Waals surface area contributed by atoms with Crippen LogP contribution in [0.3, 0.4) is 0 Å². The highest BCUT2D eigenvalue weighted by molar-refractivity contribution is 5.80. The van der Waals surface area contributed by atoms with Crippen molar-refractivity contribution in [1.29, 1.82) is 0 Å². The smallest absolute Gasteiger partial charge is 0.249 e. The molecule has 1 rings (SSSR count). The molecule has 11 heteroatoms. The van der Waals surface area contributed by atoms with Crippen LogP contribution in [0.1, 0.15) is 335 Å². The molecule has 8 N–H and O–H groups in total. The van der Waals surface area contributed by atoms with E-state index in [4.69, 9.17) is 9.47 Å². The highest BCUT2D eigenvalue weighted by atomic mass is 16.7. The van der Waals surface area contributed by atoms with E-state index >= 15 is 0 Å². The fourth-order valence-electron chi connectivity index (χ4n) is 11.3. The largest absolute Gasteiger partial charge is 0.394 e. The first-order valence-corrected chi connectivity index (χ1v) is 34.9. The number of hydrogen-bond acceptors (Lipinski definition) is 10. The Morgan fingerprint density at radius 2 is 0.741 bits per heavy atom. The number of carbonyl (C=O) groups is 1. The van der Waals surface area contributed by atoms with Gasteiger partial charge in [0.2, 0.25) is 5.91 Å². The van der Waals surface area contributed by atoms with Gasteiger partial charge in [-0.05, 0) is 64.2 Å². The van der Waals surface area contributed by atoms with Gasteiger partial charge in [0, 0.05) is 0 Å². The highest BCUT2D eigenvalue weighted by Crippen LogP contribution is 2.24. The van der Waals surface area contributed by atoms with E-state index in [2.05, 4.69) is 55.6 Å². The third kappa shape index (κ3) is 46.3. The van der Waals surface area contributed by atoms with Gasteiger partial charge in [0.25, 0.3) is 0 Å². The molecule has 0 bridgehead atoms. The Hall–Kier alpha value is -1.67. The van der Waals surface area contributed by atoms with Gasteiger partial charge in [-0.2, -0.15) is 0 Å². The molecule has 1 aliphatic rings. The molecule has 1 heterocycles. The van der Waals surface area contributed by atoms with Gasteiger partial charge in [-0.3, -0.25) is 4.79 Å². The van der Waals surface area contributed by atoms with Crippen molar-refractivity contribution in [3.8, 4) is 0 Å². The maximum absolute atomic E-state index is 13.2. The van der Waals surface area contributed by atoms with Crippen LogP contribution in [-0.4, -0.2) is 110 Å². The number of unbranched alkanes of at least 4 members (excludes halogenated alkanes) is 43. The van der Waals surface area contributed by atoms with Gasteiger partial charge in [-0.15, -0.1) is 0 Å². The molecule has 0 aromatic carbocycles. The van der Waals surface area contributed by atoms with E-state index in [9.17, 15) is 40.5 Å². The minimum absolute atomic E-state index is 0.242. The number of aliphatic hydroxyl groups is 7. The zero-order valence-corrected chi connectivity index (χ0v) is 52.8. The Labute approximate surface area is 498 Å². The molecule has 0 radical (unpaired) electrons. The van der Waals surface area contributed by atoms with Crippen LogP contribution in [0, 0.1) is 0 Å². The van der Waals surface area contributed by atoms with E-state index in [1.165, 1.54) is 244 Å². The maximum Gasteiger partial charge on any atom is 0.249 e. The second-order valence-corrected chi connectivity index (χ2v) is 24.6. The Kier molecular flexibility index (Phi) is 56.0. The van der Waals surface area contributed by atoms with Crippen LogP contribution in [0.25, 0.3) is 0 Å². The zero-order valence-electron chi connectivity index (χ0n) is 52.8. The lowest BCUT2D eigenvalue weighted by atomic mass is 9.98. The lowest BCUT2D eigenvalue weighted by Gasteiger charge is -2.40. The molecule has 1 aliphatic heterocycles. The lowest BCUT2D eigenvalue weighted by molar-refractivity contribution is -0.303. The van der Waals surface area contributed by atoms with Gasteiger partial charge >= 0.3 is 0 Å². The van der Waals surface area contributed by atoms with E-state index in [0.29, 0.717) is 19.3 Å². The average Bonchev–Trinajstić information content (AvgIpc) is 3.49. The predicted molar refractivity (Wildman–Crippen MR) is 339 cm³/mol. The summed E-state index contributed by atoms with van der Waals surface area (Å²) in [7, 11) is 0. The van der Waals surface area contributed by atoms with E-state index in [0.717, 1.165) is 44.9 Å². The lowest BCUT2D eigenvalue weighted by Crippen LogP contribution is -2.60. The van der Waals surface area contributed by atoms with Crippen molar-refractivity contribution in [2.24, 2.45) is 0 Å². The van der Waals surface area contributed by atoms with E-state index in [-0.39, 0.29) is 12.8 Å². The molecular weight excluding hydrogens is 1010 g/mol. The molecule has 1 fully saturated rings. The predicted octanol–water partition coefficient (Wildman–Crippen LogP) is 16.6. The van der Waals surface area contributed by atoms with Gasteiger partial charge in [-0.1, -0.05) is 307 Å². The van der Waals surface area contributed by atoms with Crippen molar-refractivity contribution in [2.45, 2.75) is 390 Å². The third-order valence-electron chi connectivity index (χ3n) is 16.9. The maximum atomic E-state index is 13.2. The molecule has 1 saturated heterocycles. The molecule has 0 aromatic rings. The molecule has 478 valence electrons. The van der Waals surface area contributed by atoms with Gasteiger partial charge in [-0.25, -0.2) is 0 Å². The summed E-state index contributed by atoms with van der Waals surface area (Å²) in [6, 6.07) is -1.19.